The Hall–Kier alpha value is -2.47. The number of nitrogen functional groups attached to an aromatic ring is 1. The average molecular weight is 238 g/mol. The van der Waals surface area contributed by atoms with Crippen molar-refractivity contribution < 1.29 is 4.74 Å². The molecule has 3 nitrogen and oxygen atoms in total. The van der Waals surface area contributed by atoms with Crippen molar-refractivity contribution in [2.45, 2.75) is 13.5 Å². The fourth-order valence-electron chi connectivity index (χ4n) is 1.58. The van der Waals surface area contributed by atoms with Crippen LogP contribution in [0.4, 0.5) is 5.69 Å². The van der Waals surface area contributed by atoms with E-state index >= 15 is 0 Å². The Morgan fingerprint density at radius 2 is 1.89 bits per heavy atom. The van der Waals surface area contributed by atoms with Crippen LogP contribution in [0.3, 0.4) is 0 Å². The van der Waals surface area contributed by atoms with E-state index in [0.717, 1.165) is 22.6 Å². The molecule has 18 heavy (non-hydrogen) atoms. The van der Waals surface area contributed by atoms with Crippen LogP contribution in [0, 0.1) is 18.3 Å². The summed E-state index contributed by atoms with van der Waals surface area (Å²) in [6.07, 6.45) is 0. The van der Waals surface area contributed by atoms with Gasteiger partial charge in [-0.05, 0) is 48.4 Å². The number of hydrogen-bond acceptors (Lipinski definition) is 3. The lowest BCUT2D eigenvalue weighted by atomic mass is 10.1. The maximum absolute atomic E-state index is 8.70. The van der Waals surface area contributed by atoms with E-state index in [2.05, 4.69) is 6.07 Å². The Labute approximate surface area is 106 Å². The monoisotopic (exact) mass is 238 g/mol. The summed E-state index contributed by atoms with van der Waals surface area (Å²) in [4.78, 5) is 0. The first-order chi connectivity index (χ1) is 8.69. The standard InChI is InChI=1S/C15H14N2O/c1-11-8-14(6-7-15(11)17)18-10-13-4-2-12(9-16)3-5-13/h2-8H,10,17H2,1H3. The van der Waals surface area contributed by atoms with Crippen LogP contribution in [0.5, 0.6) is 5.75 Å². The SMILES string of the molecule is Cc1cc(OCc2ccc(C#N)cc2)ccc1N. The molecule has 2 rings (SSSR count). The molecular formula is C15H14N2O. The molecule has 0 bridgehead atoms. The van der Waals surface area contributed by atoms with E-state index in [1.54, 1.807) is 12.1 Å². The molecule has 3 heteroatoms. The van der Waals surface area contributed by atoms with E-state index in [0.29, 0.717) is 12.2 Å². The van der Waals surface area contributed by atoms with Crippen LogP contribution in [0.25, 0.3) is 0 Å². The molecule has 2 aromatic rings. The highest BCUT2D eigenvalue weighted by Crippen LogP contribution is 2.19. The fraction of sp³-hybridized carbons (Fsp3) is 0.133. The van der Waals surface area contributed by atoms with Crippen LogP contribution < -0.4 is 10.5 Å². The van der Waals surface area contributed by atoms with Gasteiger partial charge < -0.3 is 10.5 Å². The van der Waals surface area contributed by atoms with Crippen LogP contribution in [0.15, 0.2) is 42.5 Å². The first-order valence-electron chi connectivity index (χ1n) is 5.67. The lowest BCUT2D eigenvalue weighted by molar-refractivity contribution is 0.306. The van der Waals surface area contributed by atoms with Crippen molar-refractivity contribution in [3.63, 3.8) is 0 Å². The van der Waals surface area contributed by atoms with Gasteiger partial charge in [0.15, 0.2) is 0 Å². The van der Waals surface area contributed by atoms with Crippen molar-refractivity contribution in [1.82, 2.24) is 0 Å². The molecule has 0 aliphatic carbocycles. The highest BCUT2D eigenvalue weighted by molar-refractivity contribution is 5.49. The van der Waals surface area contributed by atoms with Gasteiger partial charge >= 0.3 is 0 Å². The molecule has 0 spiro atoms. The zero-order chi connectivity index (χ0) is 13.0. The first kappa shape index (κ1) is 12.0. The van der Waals surface area contributed by atoms with E-state index in [9.17, 15) is 0 Å². The molecule has 0 heterocycles. The minimum absolute atomic E-state index is 0.481. The van der Waals surface area contributed by atoms with Crippen molar-refractivity contribution in [2.24, 2.45) is 0 Å². The highest BCUT2D eigenvalue weighted by atomic mass is 16.5. The Kier molecular flexibility index (Phi) is 3.49. The average Bonchev–Trinajstić information content (AvgIpc) is 2.41. The second kappa shape index (κ2) is 5.24. The lowest BCUT2D eigenvalue weighted by Crippen LogP contribution is -1.97. The lowest BCUT2D eigenvalue weighted by Gasteiger charge is -2.08. The van der Waals surface area contributed by atoms with Crippen molar-refractivity contribution in [3.05, 3.63) is 59.2 Å². The second-order valence-electron chi connectivity index (χ2n) is 4.12. The summed E-state index contributed by atoms with van der Waals surface area (Å²) in [5, 5.41) is 8.70. The molecule has 0 fully saturated rings. The number of nitriles is 1. The van der Waals surface area contributed by atoms with Crippen LogP contribution >= 0.6 is 0 Å². The van der Waals surface area contributed by atoms with Gasteiger partial charge in [-0.1, -0.05) is 12.1 Å². The topological polar surface area (TPSA) is 59.0 Å². The van der Waals surface area contributed by atoms with E-state index in [-0.39, 0.29) is 0 Å². The summed E-state index contributed by atoms with van der Waals surface area (Å²) >= 11 is 0. The number of benzene rings is 2. The van der Waals surface area contributed by atoms with Crippen molar-refractivity contribution in [3.8, 4) is 11.8 Å². The molecule has 0 atom stereocenters. The Morgan fingerprint density at radius 1 is 1.17 bits per heavy atom. The molecule has 0 unspecified atom stereocenters. The third kappa shape index (κ3) is 2.80. The van der Waals surface area contributed by atoms with Gasteiger partial charge in [0.05, 0.1) is 11.6 Å². The van der Waals surface area contributed by atoms with Gasteiger partial charge in [0, 0.05) is 5.69 Å². The summed E-state index contributed by atoms with van der Waals surface area (Å²) in [5.74, 6) is 0.797. The summed E-state index contributed by atoms with van der Waals surface area (Å²) in [5.41, 5.74) is 9.20. The van der Waals surface area contributed by atoms with Crippen molar-refractivity contribution >= 4 is 5.69 Å². The Bertz CT molecular complexity index is 582. The van der Waals surface area contributed by atoms with Crippen LogP contribution in [0.2, 0.25) is 0 Å². The maximum atomic E-state index is 8.70. The molecule has 0 radical (unpaired) electrons. The minimum atomic E-state index is 0.481. The largest absolute Gasteiger partial charge is 0.489 e. The van der Waals surface area contributed by atoms with E-state index in [1.165, 1.54) is 0 Å². The first-order valence-corrected chi connectivity index (χ1v) is 5.67. The number of nitrogens with two attached hydrogens (primary N) is 1. The molecule has 0 aromatic heterocycles. The van der Waals surface area contributed by atoms with Crippen molar-refractivity contribution in [1.29, 1.82) is 5.26 Å². The number of anilines is 1. The van der Waals surface area contributed by atoms with E-state index in [4.69, 9.17) is 15.7 Å². The van der Waals surface area contributed by atoms with Gasteiger partial charge in [0.1, 0.15) is 12.4 Å². The van der Waals surface area contributed by atoms with E-state index in [1.807, 2.05) is 37.3 Å². The molecule has 0 saturated heterocycles. The van der Waals surface area contributed by atoms with Gasteiger partial charge in [-0.15, -0.1) is 0 Å². The summed E-state index contributed by atoms with van der Waals surface area (Å²) in [7, 11) is 0. The maximum Gasteiger partial charge on any atom is 0.120 e. The van der Waals surface area contributed by atoms with E-state index < -0.39 is 0 Å². The predicted octanol–water partition coefficient (Wildman–Crippen LogP) is 3.03. The molecule has 2 aromatic carbocycles. The molecular weight excluding hydrogens is 224 g/mol. The zero-order valence-electron chi connectivity index (χ0n) is 10.2. The van der Waals surface area contributed by atoms with Crippen molar-refractivity contribution in [2.75, 3.05) is 5.73 Å². The minimum Gasteiger partial charge on any atom is -0.489 e. The van der Waals surface area contributed by atoms with Crippen LogP contribution in [-0.2, 0) is 6.61 Å². The van der Waals surface area contributed by atoms with Crippen LogP contribution in [0.1, 0.15) is 16.7 Å². The molecule has 0 saturated carbocycles. The molecule has 2 N–H and O–H groups in total. The summed E-state index contributed by atoms with van der Waals surface area (Å²) in [6.45, 7) is 2.43. The fourth-order valence-corrected chi connectivity index (χ4v) is 1.58. The molecule has 0 aliphatic heterocycles. The zero-order valence-corrected chi connectivity index (χ0v) is 10.2. The number of aryl methyl sites for hydroxylation is 1. The molecule has 0 amide bonds. The summed E-state index contributed by atoms with van der Waals surface area (Å²) in [6, 6.07) is 15.0. The van der Waals surface area contributed by atoms with Crippen LogP contribution in [-0.4, -0.2) is 0 Å². The number of rotatable bonds is 3. The highest BCUT2D eigenvalue weighted by Gasteiger charge is 1.99. The normalized spacial score (nSPS) is 9.78. The predicted molar refractivity (Wildman–Crippen MR) is 71.1 cm³/mol. The molecule has 90 valence electrons. The Balaban J connectivity index is 2.02. The van der Waals surface area contributed by atoms with Gasteiger partial charge in [0.2, 0.25) is 0 Å². The Morgan fingerprint density at radius 3 is 2.50 bits per heavy atom. The van der Waals surface area contributed by atoms with Gasteiger partial charge in [-0.2, -0.15) is 5.26 Å². The summed E-state index contributed by atoms with van der Waals surface area (Å²) < 4.78 is 5.66. The molecule has 0 aliphatic rings. The number of ether oxygens (including phenoxy) is 1. The number of nitrogens with zero attached hydrogens (tertiary/aromatic N) is 1. The third-order valence-electron chi connectivity index (χ3n) is 2.73. The second-order valence-corrected chi connectivity index (χ2v) is 4.12. The smallest absolute Gasteiger partial charge is 0.120 e. The number of hydrogen-bond donors (Lipinski definition) is 1. The quantitative estimate of drug-likeness (QED) is 0.836. The van der Waals surface area contributed by atoms with Gasteiger partial charge in [-0.25, -0.2) is 0 Å². The van der Waals surface area contributed by atoms with Gasteiger partial charge in [-0.3, -0.25) is 0 Å². The third-order valence-corrected chi connectivity index (χ3v) is 2.73. The van der Waals surface area contributed by atoms with Gasteiger partial charge in [0.25, 0.3) is 0 Å².